The summed E-state index contributed by atoms with van der Waals surface area (Å²) in [4.78, 5) is 16.0. The number of hydrogen-bond acceptors (Lipinski definition) is 3. The van der Waals surface area contributed by atoms with Crippen molar-refractivity contribution >= 4 is 11.5 Å². The van der Waals surface area contributed by atoms with Crippen molar-refractivity contribution in [1.29, 1.82) is 0 Å². The van der Waals surface area contributed by atoms with Crippen LogP contribution in [0.1, 0.15) is 31.2 Å². The lowest BCUT2D eigenvalue weighted by atomic mass is 9.93. The number of carbonyl (C=O) groups is 1. The van der Waals surface area contributed by atoms with Gasteiger partial charge in [-0.2, -0.15) is 0 Å². The topological polar surface area (TPSA) is 56.0 Å². The van der Waals surface area contributed by atoms with Gasteiger partial charge in [0.15, 0.2) is 5.78 Å². The smallest absolute Gasteiger partial charge is 0.163 e. The second-order valence-corrected chi connectivity index (χ2v) is 4.15. The first kappa shape index (κ1) is 10.9. The molecule has 3 nitrogen and oxygen atoms in total. The van der Waals surface area contributed by atoms with Crippen LogP contribution in [0.15, 0.2) is 30.1 Å². The van der Waals surface area contributed by atoms with Crippen molar-refractivity contribution in [3.63, 3.8) is 0 Å². The van der Waals surface area contributed by atoms with Gasteiger partial charge in [0.2, 0.25) is 0 Å². The molecule has 16 heavy (non-hydrogen) atoms. The quantitative estimate of drug-likeness (QED) is 0.843. The summed E-state index contributed by atoms with van der Waals surface area (Å²) in [5.74, 6) is 0.194. The SMILES string of the molecule is Nc1ccncc1CC(=O)C1=CCCCC1. The van der Waals surface area contributed by atoms with Crippen molar-refractivity contribution < 1.29 is 4.79 Å². The largest absolute Gasteiger partial charge is 0.398 e. The Bertz CT molecular complexity index is 424. The van der Waals surface area contributed by atoms with Gasteiger partial charge in [0.1, 0.15) is 0 Å². The Balaban J connectivity index is 2.07. The number of hydrogen-bond donors (Lipinski definition) is 1. The summed E-state index contributed by atoms with van der Waals surface area (Å²) < 4.78 is 0. The molecule has 0 saturated carbocycles. The molecule has 1 heterocycles. The van der Waals surface area contributed by atoms with Gasteiger partial charge in [-0.15, -0.1) is 0 Å². The van der Waals surface area contributed by atoms with E-state index in [1.807, 2.05) is 0 Å². The Kier molecular flexibility index (Phi) is 3.34. The van der Waals surface area contributed by atoms with Gasteiger partial charge in [-0.25, -0.2) is 0 Å². The van der Waals surface area contributed by atoms with Crippen LogP contribution < -0.4 is 5.73 Å². The molecular weight excluding hydrogens is 200 g/mol. The summed E-state index contributed by atoms with van der Waals surface area (Å²) in [7, 11) is 0. The number of nitrogen functional groups attached to an aromatic ring is 1. The highest BCUT2D eigenvalue weighted by Crippen LogP contribution is 2.20. The number of allylic oxidation sites excluding steroid dienone is 2. The molecule has 0 unspecified atom stereocenters. The third kappa shape index (κ3) is 2.48. The highest BCUT2D eigenvalue weighted by atomic mass is 16.1. The molecule has 0 saturated heterocycles. The van der Waals surface area contributed by atoms with E-state index in [9.17, 15) is 4.79 Å². The lowest BCUT2D eigenvalue weighted by Crippen LogP contribution is -2.10. The van der Waals surface area contributed by atoms with E-state index in [2.05, 4.69) is 11.1 Å². The molecule has 3 heteroatoms. The zero-order chi connectivity index (χ0) is 11.4. The van der Waals surface area contributed by atoms with Crippen molar-refractivity contribution in [2.24, 2.45) is 0 Å². The van der Waals surface area contributed by atoms with Crippen LogP contribution >= 0.6 is 0 Å². The predicted octanol–water partition coefficient (Wildman–Crippen LogP) is 2.28. The van der Waals surface area contributed by atoms with Crippen LogP contribution in [0.5, 0.6) is 0 Å². The minimum Gasteiger partial charge on any atom is -0.398 e. The monoisotopic (exact) mass is 216 g/mol. The summed E-state index contributed by atoms with van der Waals surface area (Å²) in [5, 5.41) is 0. The van der Waals surface area contributed by atoms with E-state index >= 15 is 0 Å². The molecule has 1 aromatic rings. The molecule has 0 atom stereocenters. The van der Waals surface area contributed by atoms with Crippen molar-refractivity contribution in [1.82, 2.24) is 4.98 Å². The molecule has 0 radical (unpaired) electrons. The number of Topliss-reactive ketones (excluding diaryl/α,β-unsaturated/α-hetero) is 1. The number of ketones is 1. The molecular formula is C13H16N2O. The van der Waals surface area contributed by atoms with Gasteiger partial charge < -0.3 is 5.73 Å². The standard InChI is InChI=1S/C13H16N2O/c14-12-6-7-15-9-11(12)8-13(16)10-4-2-1-3-5-10/h4,6-7,9H,1-3,5,8H2,(H2,14,15). The Morgan fingerprint density at radius 3 is 3.00 bits per heavy atom. The van der Waals surface area contributed by atoms with Gasteiger partial charge in [0, 0.05) is 30.1 Å². The van der Waals surface area contributed by atoms with E-state index in [0.717, 1.165) is 30.4 Å². The molecule has 1 aliphatic carbocycles. The fraction of sp³-hybridized carbons (Fsp3) is 0.385. The third-order valence-electron chi connectivity index (χ3n) is 2.94. The maximum absolute atomic E-state index is 12.0. The zero-order valence-electron chi connectivity index (χ0n) is 9.28. The van der Waals surface area contributed by atoms with Gasteiger partial charge in [0.05, 0.1) is 0 Å². The summed E-state index contributed by atoms with van der Waals surface area (Å²) in [6, 6.07) is 1.73. The summed E-state index contributed by atoms with van der Waals surface area (Å²) in [6.45, 7) is 0. The first-order chi connectivity index (χ1) is 7.77. The highest BCUT2D eigenvalue weighted by Gasteiger charge is 2.13. The number of rotatable bonds is 3. The summed E-state index contributed by atoms with van der Waals surface area (Å²) in [5.41, 5.74) is 8.24. The van der Waals surface area contributed by atoms with Crippen molar-refractivity contribution in [3.05, 3.63) is 35.7 Å². The van der Waals surface area contributed by atoms with Gasteiger partial charge >= 0.3 is 0 Å². The van der Waals surface area contributed by atoms with Gasteiger partial charge in [-0.05, 0) is 37.3 Å². The average Bonchev–Trinajstić information content (AvgIpc) is 2.33. The Hall–Kier alpha value is -1.64. The maximum Gasteiger partial charge on any atom is 0.163 e. The van der Waals surface area contributed by atoms with E-state index in [-0.39, 0.29) is 5.78 Å². The summed E-state index contributed by atoms with van der Waals surface area (Å²) >= 11 is 0. The molecule has 0 bridgehead atoms. The van der Waals surface area contributed by atoms with Gasteiger partial charge in [-0.3, -0.25) is 9.78 Å². The first-order valence-corrected chi connectivity index (χ1v) is 5.68. The second kappa shape index (κ2) is 4.92. The minimum absolute atomic E-state index is 0.194. The molecule has 84 valence electrons. The average molecular weight is 216 g/mol. The second-order valence-electron chi connectivity index (χ2n) is 4.15. The van der Waals surface area contributed by atoms with Crippen LogP contribution in [-0.4, -0.2) is 10.8 Å². The maximum atomic E-state index is 12.0. The number of anilines is 1. The van der Waals surface area contributed by atoms with E-state index in [0.29, 0.717) is 12.1 Å². The number of nitrogens with zero attached hydrogens (tertiary/aromatic N) is 1. The first-order valence-electron chi connectivity index (χ1n) is 5.68. The van der Waals surface area contributed by atoms with Crippen molar-refractivity contribution in [3.8, 4) is 0 Å². The molecule has 0 aliphatic heterocycles. The number of aromatic nitrogens is 1. The molecule has 0 fully saturated rings. The van der Waals surface area contributed by atoms with Crippen molar-refractivity contribution in [2.45, 2.75) is 32.1 Å². The normalized spacial score (nSPS) is 15.6. The molecule has 0 spiro atoms. The number of pyridine rings is 1. The van der Waals surface area contributed by atoms with Gasteiger partial charge in [-0.1, -0.05) is 6.08 Å². The fourth-order valence-corrected chi connectivity index (χ4v) is 1.96. The van der Waals surface area contributed by atoms with Crippen LogP contribution in [0.3, 0.4) is 0 Å². The van der Waals surface area contributed by atoms with E-state index in [1.54, 1.807) is 18.5 Å². The van der Waals surface area contributed by atoms with E-state index < -0.39 is 0 Å². The molecule has 1 aromatic heterocycles. The van der Waals surface area contributed by atoms with Crippen LogP contribution in [0.25, 0.3) is 0 Å². The van der Waals surface area contributed by atoms with Crippen LogP contribution in [0.2, 0.25) is 0 Å². The van der Waals surface area contributed by atoms with Gasteiger partial charge in [0.25, 0.3) is 0 Å². The fourth-order valence-electron chi connectivity index (χ4n) is 1.96. The van der Waals surface area contributed by atoms with Crippen molar-refractivity contribution in [2.75, 3.05) is 5.73 Å². The van der Waals surface area contributed by atoms with E-state index in [1.165, 1.54) is 6.42 Å². The van der Waals surface area contributed by atoms with Crippen LogP contribution in [-0.2, 0) is 11.2 Å². The van der Waals surface area contributed by atoms with E-state index in [4.69, 9.17) is 5.73 Å². The Labute approximate surface area is 95.4 Å². The van der Waals surface area contributed by atoms with Crippen LogP contribution in [0, 0.1) is 0 Å². The Morgan fingerprint density at radius 2 is 2.31 bits per heavy atom. The molecule has 0 amide bonds. The lowest BCUT2D eigenvalue weighted by Gasteiger charge is -2.11. The highest BCUT2D eigenvalue weighted by molar-refractivity contribution is 5.97. The molecule has 2 N–H and O–H groups in total. The molecule has 0 aromatic carbocycles. The zero-order valence-corrected chi connectivity index (χ0v) is 9.28. The third-order valence-corrected chi connectivity index (χ3v) is 2.94. The Morgan fingerprint density at radius 1 is 1.44 bits per heavy atom. The summed E-state index contributed by atoms with van der Waals surface area (Å²) in [6.07, 6.45) is 10.0. The number of nitrogens with two attached hydrogens (primary N) is 1. The molecule has 2 rings (SSSR count). The predicted molar refractivity (Wildman–Crippen MR) is 63.9 cm³/mol. The minimum atomic E-state index is 0.194. The number of carbonyl (C=O) groups excluding carboxylic acids is 1. The lowest BCUT2D eigenvalue weighted by molar-refractivity contribution is -0.115. The van der Waals surface area contributed by atoms with Crippen LogP contribution in [0.4, 0.5) is 5.69 Å². The molecule has 1 aliphatic rings.